The van der Waals surface area contributed by atoms with Crippen molar-refractivity contribution in [1.82, 2.24) is 4.98 Å². The van der Waals surface area contributed by atoms with E-state index in [-0.39, 0.29) is 5.91 Å². The normalized spacial score (nSPS) is 10.2. The molecule has 0 radical (unpaired) electrons. The summed E-state index contributed by atoms with van der Waals surface area (Å²) in [6.45, 7) is 1.99. The number of halogens is 1. The molecule has 0 N–H and O–H groups in total. The molecule has 0 saturated carbocycles. The fourth-order valence-electron chi connectivity index (χ4n) is 1.66. The van der Waals surface area contributed by atoms with Crippen molar-refractivity contribution in [3.63, 3.8) is 0 Å². The molecule has 0 atom stereocenters. The Morgan fingerprint density at radius 1 is 1.22 bits per heavy atom. The van der Waals surface area contributed by atoms with Gasteiger partial charge >= 0.3 is 0 Å². The molecule has 4 heteroatoms. The van der Waals surface area contributed by atoms with Crippen LogP contribution in [0.15, 0.2) is 47.2 Å². The zero-order valence-corrected chi connectivity index (χ0v) is 11.8. The number of benzene rings is 1. The first-order valence-electron chi connectivity index (χ1n) is 5.54. The first-order chi connectivity index (χ1) is 8.59. The van der Waals surface area contributed by atoms with E-state index in [1.54, 1.807) is 36.5 Å². The average Bonchev–Trinajstić information content (AvgIpc) is 2.38. The number of carbonyl (C=O) groups excluding carboxylic acids is 1. The van der Waals surface area contributed by atoms with Gasteiger partial charge in [0.2, 0.25) is 0 Å². The van der Waals surface area contributed by atoms with Crippen LogP contribution in [-0.4, -0.2) is 17.9 Å². The van der Waals surface area contributed by atoms with Crippen molar-refractivity contribution < 1.29 is 4.79 Å². The van der Waals surface area contributed by atoms with Gasteiger partial charge in [0.05, 0.1) is 5.56 Å². The molecule has 3 nitrogen and oxygen atoms in total. The maximum Gasteiger partial charge on any atom is 0.259 e. The number of hydrogen-bond donors (Lipinski definition) is 0. The maximum absolute atomic E-state index is 12.4. The second kappa shape index (κ2) is 5.31. The summed E-state index contributed by atoms with van der Waals surface area (Å²) in [7, 11) is 1.75. The van der Waals surface area contributed by atoms with Crippen LogP contribution < -0.4 is 4.90 Å². The van der Waals surface area contributed by atoms with Crippen LogP contribution in [-0.2, 0) is 0 Å². The highest BCUT2D eigenvalue weighted by molar-refractivity contribution is 9.10. The summed E-state index contributed by atoms with van der Waals surface area (Å²) in [5.41, 5.74) is 2.59. The van der Waals surface area contributed by atoms with E-state index in [0.717, 1.165) is 15.7 Å². The molecule has 1 heterocycles. The minimum atomic E-state index is -0.0481. The number of aromatic nitrogens is 1. The Balaban J connectivity index is 2.32. The Labute approximate surface area is 115 Å². The van der Waals surface area contributed by atoms with E-state index in [1.165, 1.54) is 0 Å². The van der Waals surface area contributed by atoms with Crippen LogP contribution in [0.5, 0.6) is 0 Å². The van der Waals surface area contributed by atoms with E-state index in [2.05, 4.69) is 20.9 Å². The second-order valence-corrected chi connectivity index (χ2v) is 4.91. The van der Waals surface area contributed by atoms with Gasteiger partial charge in [-0.2, -0.15) is 0 Å². The molecule has 2 rings (SSSR count). The van der Waals surface area contributed by atoms with Gasteiger partial charge in [0.1, 0.15) is 0 Å². The molecule has 1 aromatic carbocycles. The monoisotopic (exact) mass is 304 g/mol. The van der Waals surface area contributed by atoms with Gasteiger partial charge in [-0.3, -0.25) is 9.78 Å². The lowest BCUT2D eigenvalue weighted by atomic mass is 10.1. The van der Waals surface area contributed by atoms with Crippen molar-refractivity contribution in [1.29, 1.82) is 0 Å². The van der Waals surface area contributed by atoms with Crippen LogP contribution in [0.4, 0.5) is 5.69 Å². The predicted octanol–water partition coefficient (Wildman–Crippen LogP) is 3.43. The Hall–Kier alpha value is -1.68. The summed E-state index contributed by atoms with van der Waals surface area (Å²) in [5.74, 6) is -0.0481. The zero-order valence-electron chi connectivity index (χ0n) is 10.2. The van der Waals surface area contributed by atoms with E-state index in [4.69, 9.17) is 0 Å². The van der Waals surface area contributed by atoms with Crippen LogP contribution in [0, 0.1) is 6.92 Å². The lowest BCUT2D eigenvalue weighted by Crippen LogP contribution is -2.26. The average molecular weight is 305 g/mol. The van der Waals surface area contributed by atoms with Crippen LogP contribution in [0.25, 0.3) is 0 Å². The van der Waals surface area contributed by atoms with Gasteiger partial charge in [0, 0.05) is 29.6 Å². The lowest BCUT2D eigenvalue weighted by Gasteiger charge is -2.18. The minimum absolute atomic E-state index is 0.0481. The Bertz CT molecular complexity index is 569. The number of rotatable bonds is 2. The van der Waals surface area contributed by atoms with Gasteiger partial charge < -0.3 is 4.90 Å². The molecule has 0 saturated heterocycles. The molecule has 0 aliphatic heterocycles. The summed E-state index contributed by atoms with van der Waals surface area (Å²) < 4.78 is 0.813. The fourth-order valence-corrected chi connectivity index (χ4v) is 2.32. The van der Waals surface area contributed by atoms with Crippen molar-refractivity contribution in [3.05, 3.63) is 58.3 Å². The minimum Gasteiger partial charge on any atom is -0.311 e. The van der Waals surface area contributed by atoms with E-state index in [0.29, 0.717) is 5.56 Å². The topological polar surface area (TPSA) is 33.2 Å². The van der Waals surface area contributed by atoms with Gasteiger partial charge in [-0.05, 0) is 52.7 Å². The molecule has 0 aliphatic carbocycles. The number of hydrogen-bond acceptors (Lipinski definition) is 2. The molecule has 0 fully saturated rings. The third-order valence-corrected chi connectivity index (χ3v) is 3.37. The molecular weight excluding hydrogens is 292 g/mol. The molecule has 0 bridgehead atoms. The van der Waals surface area contributed by atoms with E-state index in [9.17, 15) is 4.79 Å². The number of amides is 1. The molecule has 1 aromatic heterocycles. The maximum atomic E-state index is 12.4. The molecule has 0 unspecified atom stereocenters. The summed E-state index contributed by atoms with van der Waals surface area (Å²) in [5, 5.41) is 0. The molecule has 0 aliphatic rings. The van der Waals surface area contributed by atoms with Crippen molar-refractivity contribution in [2.24, 2.45) is 0 Å². The molecular formula is C14H13BrN2O. The van der Waals surface area contributed by atoms with Gasteiger partial charge in [0.25, 0.3) is 5.91 Å². The smallest absolute Gasteiger partial charge is 0.259 e. The quantitative estimate of drug-likeness (QED) is 0.851. The number of pyridine rings is 1. The van der Waals surface area contributed by atoms with Gasteiger partial charge in [-0.1, -0.05) is 6.07 Å². The fraction of sp³-hybridized carbons (Fsp3) is 0.143. The van der Waals surface area contributed by atoms with E-state index >= 15 is 0 Å². The number of aryl methyl sites for hydroxylation is 1. The standard InChI is InChI=1S/C14H13BrN2O/c1-10-3-4-12(13(15)9-10)14(18)17(2)11-5-7-16-8-6-11/h3-9H,1-2H3. The summed E-state index contributed by atoms with van der Waals surface area (Å²) in [4.78, 5) is 17.9. The van der Waals surface area contributed by atoms with E-state index < -0.39 is 0 Å². The molecule has 92 valence electrons. The first kappa shape index (κ1) is 12.8. The zero-order chi connectivity index (χ0) is 13.1. The van der Waals surface area contributed by atoms with Crippen LogP contribution in [0.1, 0.15) is 15.9 Å². The summed E-state index contributed by atoms with van der Waals surface area (Å²) in [6, 6.07) is 9.31. The summed E-state index contributed by atoms with van der Waals surface area (Å²) >= 11 is 3.43. The predicted molar refractivity (Wildman–Crippen MR) is 75.8 cm³/mol. The third kappa shape index (κ3) is 2.59. The Morgan fingerprint density at radius 2 is 1.89 bits per heavy atom. The highest BCUT2D eigenvalue weighted by Gasteiger charge is 2.15. The first-order valence-corrected chi connectivity index (χ1v) is 6.33. The van der Waals surface area contributed by atoms with Crippen LogP contribution >= 0.6 is 15.9 Å². The highest BCUT2D eigenvalue weighted by Crippen LogP contribution is 2.22. The van der Waals surface area contributed by atoms with Gasteiger partial charge in [-0.25, -0.2) is 0 Å². The highest BCUT2D eigenvalue weighted by atomic mass is 79.9. The number of nitrogens with zero attached hydrogens (tertiary/aromatic N) is 2. The van der Waals surface area contributed by atoms with Crippen molar-refractivity contribution >= 4 is 27.5 Å². The molecule has 0 spiro atoms. The van der Waals surface area contributed by atoms with Crippen LogP contribution in [0.3, 0.4) is 0 Å². The largest absolute Gasteiger partial charge is 0.311 e. The van der Waals surface area contributed by atoms with Crippen molar-refractivity contribution in [2.45, 2.75) is 6.92 Å². The Morgan fingerprint density at radius 3 is 2.50 bits per heavy atom. The third-order valence-electron chi connectivity index (χ3n) is 2.71. The van der Waals surface area contributed by atoms with Gasteiger partial charge in [-0.15, -0.1) is 0 Å². The van der Waals surface area contributed by atoms with Gasteiger partial charge in [0.15, 0.2) is 0 Å². The summed E-state index contributed by atoms with van der Waals surface area (Å²) in [6.07, 6.45) is 3.34. The van der Waals surface area contributed by atoms with Crippen molar-refractivity contribution in [3.8, 4) is 0 Å². The van der Waals surface area contributed by atoms with Crippen LogP contribution in [0.2, 0.25) is 0 Å². The second-order valence-electron chi connectivity index (χ2n) is 4.05. The lowest BCUT2D eigenvalue weighted by molar-refractivity contribution is 0.0992. The molecule has 1 amide bonds. The van der Waals surface area contributed by atoms with E-state index in [1.807, 2.05) is 25.1 Å². The Kier molecular flexibility index (Phi) is 3.77. The SMILES string of the molecule is Cc1ccc(C(=O)N(C)c2ccncc2)c(Br)c1. The molecule has 18 heavy (non-hydrogen) atoms. The number of carbonyl (C=O) groups is 1. The van der Waals surface area contributed by atoms with Crippen molar-refractivity contribution in [2.75, 3.05) is 11.9 Å². The number of anilines is 1. The molecule has 2 aromatic rings.